The lowest BCUT2D eigenvalue weighted by Crippen LogP contribution is -2.36. The first-order valence-corrected chi connectivity index (χ1v) is 6.77. The molecule has 0 bridgehead atoms. The van der Waals surface area contributed by atoms with Crippen LogP contribution in [0.25, 0.3) is 0 Å². The van der Waals surface area contributed by atoms with Crippen molar-refractivity contribution < 1.29 is 14.3 Å². The number of benzene rings is 1. The SMILES string of the molecule is Cc1cccc(C)c1OCCNC(=O)C1CCCO1. The minimum Gasteiger partial charge on any atom is -0.491 e. The number of ether oxygens (including phenoxy) is 2. The summed E-state index contributed by atoms with van der Waals surface area (Å²) < 4.78 is 11.0. The lowest BCUT2D eigenvalue weighted by Gasteiger charge is -2.13. The summed E-state index contributed by atoms with van der Waals surface area (Å²) in [4.78, 5) is 11.7. The van der Waals surface area contributed by atoms with Crippen LogP contribution >= 0.6 is 0 Å². The Morgan fingerprint density at radius 1 is 1.42 bits per heavy atom. The highest BCUT2D eigenvalue weighted by Crippen LogP contribution is 2.21. The van der Waals surface area contributed by atoms with E-state index < -0.39 is 0 Å². The molecular weight excluding hydrogens is 242 g/mol. The molecule has 104 valence electrons. The number of aryl methyl sites for hydroxylation is 2. The Balaban J connectivity index is 1.73. The van der Waals surface area contributed by atoms with E-state index in [9.17, 15) is 4.79 Å². The molecule has 0 aromatic heterocycles. The summed E-state index contributed by atoms with van der Waals surface area (Å²) in [6.45, 7) is 5.72. The molecule has 19 heavy (non-hydrogen) atoms. The van der Waals surface area contributed by atoms with Gasteiger partial charge in [-0.15, -0.1) is 0 Å². The van der Waals surface area contributed by atoms with Crippen molar-refractivity contribution in [2.75, 3.05) is 19.8 Å². The fourth-order valence-electron chi connectivity index (χ4n) is 2.25. The molecule has 1 aliphatic heterocycles. The average Bonchev–Trinajstić information content (AvgIpc) is 2.91. The lowest BCUT2D eigenvalue weighted by molar-refractivity contribution is -0.130. The van der Waals surface area contributed by atoms with Crippen LogP contribution in [0.5, 0.6) is 5.75 Å². The average molecular weight is 263 g/mol. The monoisotopic (exact) mass is 263 g/mol. The number of hydrogen-bond acceptors (Lipinski definition) is 3. The molecule has 1 fully saturated rings. The Labute approximate surface area is 114 Å². The van der Waals surface area contributed by atoms with E-state index in [1.165, 1.54) is 0 Å². The smallest absolute Gasteiger partial charge is 0.249 e. The molecule has 4 nitrogen and oxygen atoms in total. The van der Waals surface area contributed by atoms with Crippen LogP contribution in [0.1, 0.15) is 24.0 Å². The van der Waals surface area contributed by atoms with Crippen molar-refractivity contribution in [3.8, 4) is 5.75 Å². The second-order valence-electron chi connectivity index (χ2n) is 4.86. The maximum Gasteiger partial charge on any atom is 0.249 e. The molecule has 1 saturated heterocycles. The van der Waals surface area contributed by atoms with E-state index in [0.29, 0.717) is 19.8 Å². The number of amides is 1. The zero-order valence-electron chi connectivity index (χ0n) is 11.6. The Morgan fingerprint density at radius 2 is 2.16 bits per heavy atom. The van der Waals surface area contributed by atoms with Gasteiger partial charge in [0.25, 0.3) is 0 Å². The number of hydrogen-bond donors (Lipinski definition) is 1. The third-order valence-corrected chi connectivity index (χ3v) is 3.28. The molecule has 1 amide bonds. The molecular formula is C15H21NO3. The molecule has 1 unspecified atom stereocenters. The van der Waals surface area contributed by atoms with Gasteiger partial charge in [0.2, 0.25) is 5.91 Å². The van der Waals surface area contributed by atoms with Gasteiger partial charge in [0.05, 0.1) is 6.54 Å². The number of carbonyl (C=O) groups is 1. The predicted molar refractivity (Wildman–Crippen MR) is 73.4 cm³/mol. The van der Waals surface area contributed by atoms with Crippen LogP contribution in [0.2, 0.25) is 0 Å². The van der Waals surface area contributed by atoms with Gasteiger partial charge >= 0.3 is 0 Å². The second kappa shape index (κ2) is 6.57. The fraction of sp³-hybridized carbons (Fsp3) is 0.533. The van der Waals surface area contributed by atoms with E-state index in [0.717, 1.165) is 29.7 Å². The van der Waals surface area contributed by atoms with E-state index in [1.807, 2.05) is 32.0 Å². The number of nitrogens with one attached hydrogen (secondary N) is 1. The lowest BCUT2D eigenvalue weighted by atomic mass is 10.1. The summed E-state index contributed by atoms with van der Waals surface area (Å²) >= 11 is 0. The first-order chi connectivity index (χ1) is 9.18. The van der Waals surface area contributed by atoms with Gasteiger partial charge < -0.3 is 14.8 Å². The molecule has 2 rings (SSSR count). The van der Waals surface area contributed by atoms with Crippen molar-refractivity contribution in [3.63, 3.8) is 0 Å². The normalized spacial score (nSPS) is 18.3. The molecule has 0 aliphatic carbocycles. The van der Waals surface area contributed by atoms with Gasteiger partial charge in [-0.25, -0.2) is 0 Å². The van der Waals surface area contributed by atoms with Gasteiger partial charge in [-0.3, -0.25) is 4.79 Å². The van der Waals surface area contributed by atoms with Crippen molar-refractivity contribution in [2.24, 2.45) is 0 Å². The Morgan fingerprint density at radius 3 is 2.79 bits per heavy atom. The molecule has 1 atom stereocenters. The van der Waals surface area contributed by atoms with Gasteiger partial charge in [0.15, 0.2) is 0 Å². The summed E-state index contributed by atoms with van der Waals surface area (Å²) in [5, 5.41) is 2.84. The van der Waals surface area contributed by atoms with Crippen molar-refractivity contribution in [1.82, 2.24) is 5.32 Å². The number of para-hydroxylation sites is 1. The second-order valence-corrected chi connectivity index (χ2v) is 4.86. The quantitative estimate of drug-likeness (QED) is 0.826. The molecule has 0 radical (unpaired) electrons. The van der Waals surface area contributed by atoms with E-state index in [4.69, 9.17) is 9.47 Å². The van der Waals surface area contributed by atoms with Crippen LogP contribution in [-0.4, -0.2) is 31.8 Å². The van der Waals surface area contributed by atoms with Crippen molar-refractivity contribution >= 4 is 5.91 Å². The first-order valence-electron chi connectivity index (χ1n) is 6.77. The Bertz CT molecular complexity index is 419. The summed E-state index contributed by atoms with van der Waals surface area (Å²) in [6.07, 6.45) is 1.53. The predicted octanol–water partition coefficient (Wildman–Crippen LogP) is 1.98. The molecule has 1 N–H and O–H groups in total. The molecule has 1 heterocycles. The van der Waals surface area contributed by atoms with Crippen LogP contribution < -0.4 is 10.1 Å². The van der Waals surface area contributed by atoms with Crippen molar-refractivity contribution in [3.05, 3.63) is 29.3 Å². The highest BCUT2D eigenvalue weighted by atomic mass is 16.5. The van der Waals surface area contributed by atoms with Crippen LogP contribution in [0, 0.1) is 13.8 Å². The maximum absolute atomic E-state index is 11.7. The van der Waals surface area contributed by atoms with Crippen molar-refractivity contribution in [2.45, 2.75) is 32.8 Å². The van der Waals surface area contributed by atoms with Gasteiger partial charge in [-0.05, 0) is 37.8 Å². The van der Waals surface area contributed by atoms with Gasteiger partial charge in [-0.1, -0.05) is 18.2 Å². The van der Waals surface area contributed by atoms with E-state index in [-0.39, 0.29) is 12.0 Å². The summed E-state index contributed by atoms with van der Waals surface area (Å²) in [5.74, 6) is 0.886. The largest absolute Gasteiger partial charge is 0.491 e. The highest BCUT2D eigenvalue weighted by Gasteiger charge is 2.22. The van der Waals surface area contributed by atoms with Crippen LogP contribution in [0.15, 0.2) is 18.2 Å². The van der Waals surface area contributed by atoms with Crippen LogP contribution in [0.3, 0.4) is 0 Å². The molecule has 1 aromatic carbocycles. The summed E-state index contributed by atoms with van der Waals surface area (Å²) in [6, 6.07) is 6.05. The van der Waals surface area contributed by atoms with Gasteiger partial charge in [-0.2, -0.15) is 0 Å². The van der Waals surface area contributed by atoms with Crippen LogP contribution in [-0.2, 0) is 9.53 Å². The number of carbonyl (C=O) groups excluding carboxylic acids is 1. The van der Waals surface area contributed by atoms with E-state index >= 15 is 0 Å². The highest BCUT2D eigenvalue weighted by molar-refractivity contribution is 5.80. The molecule has 0 saturated carbocycles. The van der Waals surface area contributed by atoms with Gasteiger partial charge in [0.1, 0.15) is 18.5 Å². The minimum absolute atomic E-state index is 0.0254. The molecule has 1 aromatic rings. The zero-order valence-corrected chi connectivity index (χ0v) is 11.6. The standard InChI is InChI=1S/C15H21NO3/c1-11-5-3-6-12(2)14(11)19-10-8-16-15(17)13-7-4-9-18-13/h3,5-6,13H,4,7-10H2,1-2H3,(H,16,17). The maximum atomic E-state index is 11.7. The summed E-state index contributed by atoms with van der Waals surface area (Å²) in [5.41, 5.74) is 2.23. The Kier molecular flexibility index (Phi) is 4.80. The third kappa shape index (κ3) is 3.70. The third-order valence-electron chi connectivity index (χ3n) is 3.28. The van der Waals surface area contributed by atoms with Crippen molar-refractivity contribution in [1.29, 1.82) is 0 Å². The van der Waals surface area contributed by atoms with E-state index in [2.05, 4.69) is 5.32 Å². The minimum atomic E-state index is -0.264. The van der Waals surface area contributed by atoms with Crippen LogP contribution in [0.4, 0.5) is 0 Å². The van der Waals surface area contributed by atoms with E-state index in [1.54, 1.807) is 0 Å². The number of rotatable bonds is 5. The molecule has 0 spiro atoms. The summed E-state index contributed by atoms with van der Waals surface area (Å²) in [7, 11) is 0. The fourth-order valence-corrected chi connectivity index (χ4v) is 2.25. The molecule has 1 aliphatic rings. The first kappa shape index (κ1) is 13.9. The van der Waals surface area contributed by atoms with Gasteiger partial charge in [0, 0.05) is 6.61 Å². The molecule has 4 heteroatoms. The zero-order chi connectivity index (χ0) is 13.7. The topological polar surface area (TPSA) is 47.6 Å². The Hall–Kier alpha value is -1.55.